The summed E-state index contributed by atoms with van der Waals surface area (Å²) in [6.07, 6.45) is 2.63. The van der Waals surface area contributed by atoms with Crippen molar-refractivity contribution in [2.45, 2.75) is 32.6 Å². The summed E-state index contributed by atoms with van der Waals surface area (Å²) in [7, 11) is 3.76. The third-order valence-electron chi connectivity index (χ3n) is 4.05. The molecule has 0 amide bonds. The van der Waals surface area contributed by atoms with Gasteiger partial charge in [0.25, 0.3) is 0 Å². The van der Waals surface area contributed by atoms with Crippen LogP contribution >= 0.6 is 0 Å². The molecule has 19 heavy (non-hydrogen) atoms. The van der Waals surface area contributed by atoms with Gasteiger partial charge in [-0.2, -0.15) is 0 Å². The molecular weight excluding hydrogens is 236 g/mol. The fourth-order valence-electron chi connectivity index (χ4n) is 2.47. The molecule has 1 aliphatic rings. The van der Waals surface area contributed by atoms with Gasteiger partial charge in [-0.25, -0.2) is 0 Å². The van der Waals surface area contributed by atoms with Gasteiger partial charge < -0.3 is 15.4 Å². The molecule has 106 valence electrons. The summed E-state index contributed by atoms with van der Waals surface area (Å²) in [5, 5.41) is 6.88. The molecule has 0 atom stereocenters. The molecule has 1 fully saturated rings. The summed E-state index contributed by atoms with van der Waals surface area (Å²) in [6, 6.07) is 6.43. The number of rotatable bonds is 7. The molecule has 0 aromatic heterocycles. The van der Waals surface area contributed by atoms with Crippen molar-refractivity contribution >= 4 is 5.69 Å². The van der Waals surface area contributed by atoms with Crippen LogP contribution in [0.4, 0.5) is 5.69 Å². The Labute approximate surface area is 116 Å². The second-order valence-corrected chi connectivity index (χ2v) is 6.00. The first kappa shape index (κ1) is 14.2. The molecule has 3 heteroatoms. The second kappa shape index (κ2) is 5.83. The molecule has 0 spiro atoms. The number of methoxy groups -OCH3 is 1. The lowest BCUT2D eigenvalue weighted by molar-refractivity contribution is 0.415. The van der Waals surface area contributed by atoms with E-state index in [1.807, 2.05) is 7.05 Å². The van der Waals surface area contributed by atoms with Gasteiger partial charge in [-0.15, -0.1) is 0 Å². The molecule has 0 saturated heterocycles. The Balaban J connectivity index is 2.07. The van der Waals surface area contributed by atoms with E-state index in [1.165, 1.54) is 18.4 Å². The van der Waals surface area contributed by atoms with E-state index in [0.717, 1.165) is 24.5 Å². The van der Waals surface area contributed by atoms with Crippen molar-refractivity contribution in [1.29, 1.82) is 0 Å². The number of benzene rings is 1. The van der Waals surface area contributed by atoms with Crippen molar-refractivity contribution in [2.24, 2.45) is 5.41 Å². The van der Waals surface area contributed by atoms with Gasteiger partial charge in [0.15, 0.2) is 0 Å². The van der Waals surface area contributed by atoms with E-state index in [1.54, 1.807) is 7.11 Å². The van der Waals surface area contributed by atoms with Crippen LogP contribution in [-0.4, -0.2) is 27.2 Å². The van der Waals surface area contributed by atoms with E-state index < -0.39 is 0 Å². The van der Waals surface area contributed by atoms with Crippen LogP contribution in [0.3, 0.4) is 0 Å². The minimum absolute atomic E-state index is 0.452. The first-order valence-corrected chi connectivity index (χ1v) is 7.17. The normalized spacial score (nSPS) is 16.5. The molecule has 0 bridgehead atoms. The van der Waals surface area contributed by atoms with Crippen LogP contribution in [0.1, 0.15) is 38.2 Å². The molecule has 2 rings (SSSR count). The van der Waals surface area contributed by atoms with Crippen LogP contribution < -0.4 is 15.4 Å². The molecule has 0 radical (unpaired) electrons. The van der Waals surface area contributed by atoms with E-state index in [-0.39, 0.29) is 0 Å². The van der Waals surface area contributed by atoms with Crippen molar-refractivity contribution in [3.05, 3.63) is 23.8 Å². The number of ether oxygens (including phenoxy) is 1. The highest BCUT2D eigenvalue weighted by molar-refractivity contribution is 5.58. The zero-order chi connectivity index (χ0) is 13.9. The predicted molar refractivity (Wildman–Crippen MR) is 81.2 cm³/mol. The van der Waals surface area contributed by atoms with E-state index in [0.29, 0.717) is 11.3 Å². The molecule has 0 unspecified atom stereocenters. The van der Waals surface area contributed by atoms with Crippen molar-refractivity contribution in [3.63, 3.8) is 0 Å². The fraction of sp³-hybridized carbons (Fsp3) is 0.625. The molecule has 3 nitrogen and oxygen atoms in total. The van der Waals surface area contributed by atoms with Crippen molar-refractivity contribution in [3.8, 4) is 5.75 Å². The monoisotopic (exact) mass is 262 g/mol. The summed E-state index contributed by atoms with van der Waals surface area (Å²) in [4.78, 5) is 0. The third-order valence-corrected chi connectivity index (χ3v) is 4.05. The Morgan fingerprint density at radius 2 is 2.00 bits per heavy atom. The highest BCUT2D eigenvalue weighted by atomic mass is 16.5. The highest BCUT2D eigenvalue weighted by Gasteiger charge is 2.41. The molecular formula is C16H26N2O. The minimum atomic E-state index is 0.452. The standard InChI is InChI=1S/C16H26N2O/c1-12(2)13-5-6-15(19-4)14(9-13)18-11-16(7-8-16)10-17-3/h5-6,9,12,17-18H,7-8,10-11H2,1-4H3. The van der Waals surface area contributed by atoms with Crippen LogP contribution in [0.5, 0.6) is 5.75 Å². The van der Waals surface area contributed by atoms with E-state index in [9.17, 15) is 0 Å². The first-order valence-electron chi connectivity index (χ1n) is 7.17. The van der Waals surface area contributed by atoms with Crippen molar-refractivity contribution in [1.82, 2.24) is 5.32 Å². The van der Waals surface area contributed by atoms with Gasteiger partial charge in [-0.05, 0) is 43.5 Å². The Kier molecular flexibility index (Phi) is 4.35. The average Bonchev–Trinajstić information content (AvgIpc) is 3.16. The van der Waals surface area contributed by atoms with Gasteiger partial charge in [-0.1, -0.05) is 19.9 Å². The van der Waals surface area contributed by atoms with Gasteiger partial charge >= 0.3 is 0 Å². The first-order chi connectivity index (χ1) is 9.10. The summed E-state index contributed by atoms with van der Waals surface area (Å²) in [5.41, 5.74) is 2.92. The third kappa shape index (κ3) is 3.41. The molecule has 1 saturated carbocycles. The molecule has 2 N–H and O–H groups in total. The number of hydrogen-bond donors (Lipinski definition) is 2. The smallest absolute Gasteiger partial charge is 0.141 e. The van der Waals surface area contributed by atoms with Crippen LogP contribution in [0.25, 0.3) is 0 Å². The minimum Gasteiger partial charge on any atom is -0.495 e. The maximum Gasteiger partial charge on any atom is 0.141 e. The Bertz CT molecular complexity index is 425. The molecule has 1 aromatic rings. The SMILES string of the molecule is CNCC1(CNc2cc(C(C)C)ccc2OC)CC1. The summed E-state index contributed by atoms with van der Waals surface area (Å²) < 4.78 is 5.45. The van der Waals surface area contributed by atoms with Crippen molar-refractivity contribution < 1.29 is 4.74 Å². The molecule has 1 aliphatic carbocycles. The Morgan fingerprint density at radius 1 is 1.26 bits per heavy atom. The topological polar surface area (TPSA) is 33.3 Å². The average molecular weight is 262 g/mol. The Morgan fingerprint density at radius 3 is 2.53 bits per heavy atom. The van der Waals surface area contributed by atoms with E-state index in [2.05, 4.69) is 42.7 Å². The highest BCUT2D eigenvalue weighted by Crippen LogP contribution is 2.45. The molecule has 1 aromatic carbocycles. The Hall–Kier alpha value is -1.22. The van der Waals surface area contributed by atoms with Gasteiger partial charge in [0.1, 0.15) is 5.75 Å². The lowest BCUT2D eigenvalue weighted by atomic mass is 10.0. The molecule has 0 aliphatic heterocycles. The van der Waals surface area contributed by atoms with Gasteiger partial charge in [-0.3, -0.25) is 0 Å². The largest absolute Gasteiger partial charge is 0.495 e. The number of hydrogen-bond acceptors (Lipinski definition) is 3. The maximum absolute atomic E-state index is 5.45. The zero-order valence-electron chi connectivity index (χ0n) is 12.5. The fourth-order valence-corrected chi connectivity index (χ4v) is 2.47. The van der Waals surface area contributed by atoms with E-state index >= 15 is 0 Å². The lowest BCUT2D eigenvalue weighted by Gasteiger charge is -2.19. The second-order valence-electron chi connectivity index (χ2n) is 6.00. The van der Waals surface area contributed by atoms with Crippen molar-refractivity contribution in [2.75, 3.05) is 32.6 Å². The quantitative estimate of drug-likeness (QED) is 0.791. The lowest BCUT2D eigenvalue weighted by Crippen LogP contribution is -2.27. The van der Waals surface area contributed by atoms with E-state index in [4.69, 9.17) is 4.74 Å². The van der Waals surface area contributed by atoms with Crippen LogP contribution in [0, 0.1) is 5.41 Å². The predicted octanol–water partition coefficient (Wildman–Crippen LogP) is 3.23. The van der Waals surface area contributed by atoms with Gasteiger partial charge in [0.05, 0.1) is 12.8 Å². The van der Waals surface area contributed by atoms with Gasteiger partial charge in [0, 0.05) is 18.5 Å². The van der Waals surface area contributed by atoms with Crippen LogP contribution in [0.15, 0.2) is 18.2 Å². The number of nitrogens with one attached hydrogen (secondary N) is 2. The molecule has 0 heterocycles. The number of anilines is 1. The summed E-state index contributed by atoms with van der Waals surface area (Å²) >= 11 is 0. The van der Waals surface area contributed by atoms with Crippen LogP contribution in [0.2, 0.25) is 0 Å². The summed E-state index contributed by atoms with van der Waals surface area (Å²) in [5.74, 6) is 1.48. The van der Waals surface area contributed by atoms with Gasteiger partial charge in [0.2, 0.25) is 0 Å². The zero-order valence-corrected chi connectivity index (χ0v) is 12.5. The maximum atomic E-state index is 5.45. The summed E-state index contributed by atoms with van der Waals surface area (Å²) in [6.45, 7) is 6.54. The van der Waals surface area contributed by atoms with Crippen LogP contribution in [-0.2, 0) is 0 Å².